The number of carbonyl (C=O) groups excluding carboxylic acids is 1. The molecule has 186 valence electrons. The summed E-state index contributed by atoms with van der Waals surface area (Å²) in [7, 11) is 0. The fraction of sp³-hybridized carbons (Fsp3) is 0.567. The number of hydrogen-bond acceptors (Lipinski definition) is 3. The van der Waals surface area contributed by atoms with Crippen LogP contribution in [0.2, 0.25) is 5.02 Å². The lowest BCUT2D eigenvalue weighted by Gasteiger charge is -2.48. The van der Waals surface area contributed by atoms with E-state index in [-0.39, 0.29) is 11.3 Å². The summed E-state index contributed by atoms with van der Waals surface area (Å²) in [4.78, 5) is 16.8. The topological polar surface area (TPSA) is 41.6 Å². The first-order valence-electron chi connectivity index (χ1n) is 13.6. The number of likely N-dealkylation sites (tertiary alicyclic amines) is 1. The predicted molar refractivity (Wildman–Crippen MR) is 140 cm³/mol. The first-order valence-corrected chi connectivity index (χ1v) is 14.0. The molecule has 0 unspecified atom stereocenters. The fourth-order valence-corrected chi connectivity index (χ4v) is 7.76. The average molecular weight is 493 g/mol. The van der Waals surface area contributed by atoms with E-state index in [0.717, 1.165) is 50.2 Å². The van der Waals surface area contributed by atoms with Crippen molar-refractivity contribution in [3.8, 4) is 5.75 Å². The molecule has 1 N–H and O–H groups in total. The molecule has 3 heterocycles. The molecule has 6 rings (SSSR count). The number of rotatable bonds is 3. The molecule has 0 bridgehead atoms. The second-order valence-electron chi connectivity index (χ2n) is 11.2. The molecule has 1 spiro atoms. The SMILES string of the molecule is O=C([C@@H]1CNC[C@]12CCOc1cc(Cl)ccc12)N1CC[C@@H](c2ccccc2)C[C@H]1C1CCCCC1. The lowest BCUT2D eigenvalue weighted by atomic mass is 9.67. The van der Waals surface area contributed by atoms with Gasteiger partial charge in [-0.2, -0.15) is 0 Å². The van der Waals surface area contributed by atoms with Crippen molar-refractivity contribution < 1.29 is 9.53 Å². The zero-order valence-corrected chi connectivity index (χ0v) is 21.3. The van der Waals surface area contributed by atoms with Gasteiger partial charge < -0.3 is 15.0 Å². The van der Waals surface area contributed by atoms with Gasteiger partial charge in [-0.3, -0.25) is 4.79 Å². The molecule has 4 aliphatic rings. The summed E-state index contributed by atoms with van der Waals surface area (Å²) in [5.41, 5.74) is 2.39. The Morgan fingerprint density at radius 1 is 1.06 bits per heavy atom. The molecule has 1 aliphatic carbocycles. The number of ether oxygens (including phenoxy) is 1. The van der Waals surface area contributed by atoms with Gasteiger partial charge in [0.15, 0.2) is 0 Å². The monoisotopic (exact) mass is 492 g/mol. The molecule has 3 aliphatic heterocycles. The Hall–Kier alpha value is -2.04. The highest BCUT2D eigenvalue weighted by Crippen LogP contribution is 2.48. The minimum absolute atomic E-state index is 0.0503. The third-order valence-corrected chi connectivity index (χ3v) is 9.67. The molecule has 5 heteroatoms. The Kier molecular flexibility index (Phi) is 6.53. The summed E-state index contributed by atoms with van der Waals surface area (Å²) in [6.45, 7) is 3.09. The Bertz CT molecular complexity index is 1050. The van der Waals surface area contributed by atoms with Crippen LogP contribution in [-0.2, 0) is 10.2 Å². The minimum Gasteiger partial charge on any atom is -0.493 e. The van der Waals surface area contributed by atoms with E-state index in [9.17, 15) is 4.79 Å². The van der Waals surface area contributed by atoms with Crippen LogP contribution in [0.5, 0.6) is 5.75 Å². The highest BCUT2D eigenvalue weighted by Gasteiger charge is 2.53. The standard InChI is InChI=1S/C30H37ClN2O2/c31-24-11-12-25-28(18-24)35-16-14-30(25)20-32-19-26(30)29(34)33-15-13-23(21-7-3-1-4-8-21)17-27(33)22-9-5-2-6-10-22/h1,3-4,7-8,11-12,18,22-23,26-27,32H,2,5-6,9-10,13-17,19-20H2/t23-,26+,27+,30+/m1/s1. The molecule has 2 aromatic carbocycles. The number of nitrogens with one attached hydrogen (secondary N) is 1. The Balaban J connectivity index is 1.30. The lowest BCUT2D eigenvalue weighted by molar-refractivity contribution is -0.143. The molecule has 1 saturated carbocycles. The van der Waals surface area contributed by atoms with Gasteiger partial charge >= 0.3 is 0 Å². The smallest absolute Gasteiger partial charge is 0.228 e. The molecular weight excluding hydrogens is 456 g/mol. The van der Waals surface area contributed by atoms with Crippen molar-refractivity contribution in [2.24, 2.45) is 11.8 Å². The van der Waals surface area contributed by atoms with Crippen molar-refractivity contribution in [3.63, 3.8) is 0 Å². The maximum Gasteiger partial charge on any atom is 0.228 e. The van der Waals surface area contributed by atoms with E-state index in [1.54, 1.807) is 0 Å². The number of benzene rings is 2. The molecule has 35 heavy (non-hydrogen) atoms. The van der Waals surface area contributed by atoms with Crippen LogP contribution in [0.1, 0.15) is 68.4 Å². The summed E-state index contributed by atoms with van der Waals surface area (Å²) >= 11 is 6.29. The van der Waals surface area contributed by atoms with Crippen molar-refractivity contribution in [2.75, 3.05) is 26.2 Å². The molecule has 4 nitrogen and oxygen atoms in total. The van der Waals surface area contributed by atoms with Crippen molar-refractivity contribution in [1.82, 2.24) is 10.2 Å². The van der Waals surface area contributed by atoms with E-state index in [0.29, 0.717) is 35.4 Å². The highest BCUT2D eigenvalue weighted by atomic mass is 35.5. The van der Waals surface area contributed by atoms with Gasteiger partial charge in [0.1, 0.15) is 5.75 Å². The average Bonchev–Trinajstić information content (AvgIpc) is 3.32. The van der Waals surface area contributed by atoms with Gasteiger partial charge in [-0.05, 0) is 61.6 Å². The van der Waals surface area contributed by atoms with Gasteiger partial charge in [0, 0.05) is 41.7 Å². The predicted octanol–water partition coefficient (Wildman–Crippen LogP) is 5.93. The maximum atomic E-state index is 14.5. The van der Waals surface area contributed by atoms with Crippen LogP contribution in [0.3, 0.4) is 0 Å². The Morgan fingerprint density at radius 2 is 1.89 bits per heavy atom. The number of hydrogen-bond donors (Lipinski definition) is 1. The van der Waals surface area contributed by atoms with E-state index in [2.05, 4.69) is 46.6 Å². The molecule has 1 amide bonds. The highest BCUT2D eigenvalue weighted by molar-refractivity contribution is 6.30. The maximum absolute atomic E-state index is 14.5. The number of carbonyl (C=O) groups is 1. The fourth-order valence-electron chi connectivity index (χ4n) is 7.60. The van der Waals surface area contributed by atoms with Crippen LogP contribution in [0.4, 0.5) is 0 Å². The van der Waals surface area contributed by atoms with Crippen LogP contribution >= 0.6 is 11.6 Å². The zero-order chi connectivity index (χ0) is 23.8. The van der Waals surface area contributed by atoms with Gasteiger partial charge in [-0.25, -0.2) is 0 Å². The van der Waals surface area contributed by atoms with E-state index >= 15 is 0 Å². The first kappa shape index (κ1) is 23.4. The van der Waals surface area contributed by atoms with E-state index in [4.69, 9.17) is 16.3 Å². The van der Waals surface area contributed by atoms with E-state index < -0.39 is 0 Å². The van der Waals surface area contributed by atoms with E-state index in [1.165, 1.54) is 37.7 Å². The first-order chi connectivity index (χ1) is 17.2. The molecule has 0 aromatic heterocycles. The van der Waals surface area contributed by atoms with Gasteiger partial charge in [-0.15, -0.1) is 0 Å². The van der Waals surface area contributed by atoms with Crippen molar-refractivity contribution in [2.45, 2.75) is 68.7 Å². The number of amides is 1. The summed E-state index contributed by atoms with van der Waals surface area (Å²) in [5, 5.41) is 4.29. The largest absolute Gasteiger partial charge is 0.493 e. The van der Waals surface area contributed by atoms with E-state index in [1.807, 2.05) is 12.1 Å². The van der Waals surface area contributed by atoms with Gasteiger partial charge in [0.25, 0.3) is 0 Å². The number of fused-ring (bicyclic) bond motifs is 2. The Morgan fingerprint density at radius 3 is 2.71 bits per heavy atom. The summed E-state index contributed by atoms with van der Waals surface area (Å²) in [6, 6.07) is 17.3. The Labute approximate surface area is 214 Å². The second-order valence-corrected chi connectivity index (χ2v) is 11.6. The number of nitrogens with zero attached hydrogens (tertiary/aromatic N) is 1. The van der Waals surface area contributed by atoms with Crippen molar-refractivity contribution in [3.05, 3.63) is 64.7 Å². The minimum atomic E-state index is -0.206. The zero-order valence-electron chi connectivity index (χ0n) is 20.6. The third-order valence-electron chi connectivity index (χ3n) is 9.43. The quantitative estimate of drug-likeness (QED) is 0.577. The summed E-state index contributed by atoms with van der Waals surface area (Å²) < 4.78 is 6.01. The normalized spacial score (nSPS) is 31.2. The van der Waals surface area contributed by atoms with Gasteiger partial charge in [0.05, 0.1) is 12.5 Å². The van der Waals surface area contributed by atoms with Crippen LogP contribution in [0.15, 0.2) is 48.5 Å². The van der Waals surface area contributed by atoms with Crippen LogP contribution in [-0.4, -0.2) is 43.1 Å². The summed E-state index contributed by atoms with van der Waals surface area (Å²) in [5.74, 6) is 2.35. The van der Waals surface area contributed by atoms with Crippen LogP contribution < -0.4 is 10.1 Å². The second kappa shape index (κ2) is 9.78. The van der Waals surface area contributed by atoms with Gasteiger partial charge in [-0.1, -0.05) is 67.3 Å². The van der Waals surface area contributed by atoms with Gasteiger partial charge in [0.2, 0.25) is 5.91 Å². The summed E-state index contributed by atoms with van der Waals surface area (Å²) in [6.07, 6.45) is 9.51. The number of halogens is 1. The molecule has 0 radical (unpaired) electrons. The number of piperidine rings is 1. The molecule has 2 saturated heterocycles. The van der Waals surface area contributed by atoms with Crippen molar-refractivity contribution in [1.29, 1.82) is 0 Å². The molecule has 4 atom stereocenters. The third kappa shape index (κ3) is 4.27. The molecule has 3 fully saturated rings. The van der Waals surface area contributed by atoms with Crippen LogP contribution in [0.25, 0.3) is 0 Å². The van der Waals surface area contributed by atoms with Crippen molar-refractivity contribution >= 4 is 17.5 Å². The molecular formula is C30H37ClN2O2. The van der Waals surface area contributed by atoms with Crippen LogP contribution in [0, 0.1) is 11.8 Å². The molecule has 2 aromatic rings. The lowest BCUT2D eigenvalue weighted by Crippen LogP contribution is -2.55.